The fraction of sp³-hybridized carbons (Fsp3) is 0. The fourth-order valence-electron chi connectivity index (χ4n) is 8.84. The molecule has 57 heavy (non-hydrogen) atoms. The topological polar surface area (TPSA) is 38.7 Å². The molecule has 0 N–H and O–H groups in total. The van der Waals surface area contributed by atoms with E-state index in [9.17, 15) is 0 Å². The lowest BCUT2D eigenvalue weighted by molar-refractivity contribution is 1.07. The zero-order valence-corrected chi connectivity index (χ0v) is 32.0. The Hall–Kier alpha value is -7.27. The highest BCUT2D eigenvalue weighted by Gasteiger charge is 2.49. The first-order valence-corrected chi connectivity index (χ1v) is 21.4. The van der Waals surface area contributed by atoms with Crippen molar-refractivity contribution in [2.24, 2.45) is 0 Å². The monoisotopic (exact) mass is 741 g/mol. The summed E-state index contributed by atoms with van der Waals surface area (Å²) in [4.78, 5) is 14.9. The van der Waals surface area contributed by atoms with Crippen molar-refractivity contribution in [2.45, 2.75) is 0 Å². The number of nitrogens with zero attached hydrogens (tertiary/aromatic N) is 3. The molecule has 0 saturated carbocycles. The molecule has 1 aromatic heterocycles. The SMILES string of the molecule is c1ccc(-c2nc(-c3ccccc3)nc(-c3ccc(-c4ccc5c(c4)[Si](c4ccc6ccccc6c4)(c4ccc6ccccc6c4)c4ccccc4-5)cc3)n2)cc1. The van der Waals surface area contributed by atoms with Crippen LogP contribution in [0.1, 0.15) is 0 Å². The molecule has 11 rings (SSSR count). The van der Waals surface area contributed by atoms with Gasteiger partial charge in [0.1, 0.15) is 0 Å². The lowest BCUT2D eigenvalue weighted by atomic mass is 9.99. The molecule has 10 aromatic rings. The van der Waals surface area contributed by atoms with Gasteiger partial charge in [-0.1, -0.05) is 212 Å². The van der Waals surface area contributed by atoms with Gasteiger partial charge < -0.3 is 0 Å². The summed E-state index contributed by atoms with van der Waals surface area (Å²) in [5.41, 5.74) is 7.86. The average molecular weight is 742 g/mol. The van der Waals surface area contributed by atoms with Crippen LogP contribution in [0.3, 0.4) is 0 Å². The molecule has 3 nitrogen and oxygen atoms in total. The molecule has 2 heterocycles. The van der Waals surface area contributed by atoms with Crippen LogP contribution in [-0.2, 0) is 0 Å². The molecule has 0 unspecified atom stereocenters. The summed E-state index contributed by atoms with van der Waals surface area (Å²) in [6.07, 6.45) is 0. The Morgan fingerprint density at radius 2 is 0.684 bits per heavy atom. The van der Waals surface area contributed by atoms with Crippen LogP contribution in [0, 0.1) is 0 Å². The van der Waals surface area contributed by atoms with Crippen molar-refractivity contribution in [3.63, 3.8) is 0 Å². The Morgan fingerprint density at radius 3 is 1.25 bits per heavy atom. The van der Waals surface area contributed by atoms with Crippen molar-refractivity contribution in [3.05, 3.63) is 212 Å². The van der Waals surface area contributed by atoms with Crippen molar-refractivity contribution in [1.82, 2.24) is 15.0 Å². The molecule has 0 amide bonds. The van der Waals surface area contributed by atoms with Gasteiger partial charge in [-0.15, -0.1) is 0 Å². The Kier molecular flexibility index (Phi) is 7.83. The van der Waals surface area contributed by atoms with Crippen molar-refractivity contribution < 1.29 is 0 Å². The molecular formula is C53H35N3Si. The van der Waals surface area contributed by atoms with E-state index < -0.39 is 8.07 Å². The van der Waals surface area contributed by atoms with Crippen molar-refractivity contribution in [2.75, 3.05) is 0 Å². The first-order chi connectivity index (χ1) is 28.2. The summed E-state index contributed by atoms with van der Waals surface area (Å²) in [6, 6.07) is 77.1. The van der Waals surface area contributed by atoms with Gasteiger partial charge in [-0.05, 0) is 64.5 Å². The Bertz CT molecular complexity index is 2990. The normalized spacial score (nSPS) is 12.7. The number of benzene rings is 9. The maximum absolute atomic E-state index is 4.98. The highest BCUT2D eigenvalue weighted by atomic mass is 28.3. The number of rotatable bonds is 6. The number of hydrogen-bond donors (Lipinski definition) is 0. The average Bonchev–Trinajstić information content (AvgIpc) is 3.59. The van der Waals surface area contributed by atoms with Crippen molar-refractivity contribution >= 4 is 50.4 Å². The van der Waals surface area contributed by atoms with E-state index in [2.05, 4.69) is 152 Å². The quantitative estimate of drug-likeness (QED) is 0.159. The van der Waals surface area contributed by atoms with Crippen molar-refractivity contribution in [1.29, 1.82) is 0 Å². The number of aromatic nitrogens is 3. The first kappa shape index (κ1) is 33.1. The summed E-state index contributed by atoms with van der Waals surface area (Å²) in [5.74, 6) is 1.97. The summed E-state index contributed by atoms with van der Waals surface area (Å²) in [5, 5.41) is 10.7. The third-order valence-electron chi connectivity index (χ3n) is 11.6. The zero-order chi connectivity index (χ0) is 37.8. The third-order valence-corrected chi connectivity index (χ3v) is 16.4. The van der Waals surface area contributed by atoms with Crippen LogP contribution < -0.4 is 20.7 Å². The maximum atomic E-state index is 4.98. The molecule has 266 valence electrons. The van der Waals surface area contributed by atoms with Gasteiger partial charge in [-0.25, -0.2) is 15.0 Å². The van der Waals surface area contributed by atoms with Crippen LogP contribution in [0.4, 0.5) is 0 Å². The van der Waals surface area contributed by atoms with E-state index >= 15 is 0 Å². The minimum Gasteiger partial charge on any atom is -0.208 e. The van der Waals surface area contributed by atoms with Gasteiger partial charge in [0.05, 0.1) is 0 Å². The van der Waals surface area contributed by atoms with E-state index in [1.165, 1.54) is 59.0 Å². The van der Waals surface area contributed by atoms with Crippen LogP contribution in [0.2, 0.25) is 0 Å². The summed E-state index contributed by atoms with van der Waals surface area (Å²) >= 11 is 0. The summed E-state index contributed by atoms with van der Waals surface area (Å²) < 4.78 is 0. The Morgan fingerprint density at radius 1 is 0.263 bits per heavy atom. The van der Waals surface area contributed by atoms with Crippen LogP contribution in [-0.4, -0.2) is 23.0 Å². The van der Waals surface area contributed by atoms with Crippen molar-refractivity contribution in [3.8, 4) is 56.4 Å². The predicted molar refractivity (Wildman–Crippen MR) is 239 cm³/mol. The van der Waals surface area contributed by atoms with Crippen LogP contribution in [0.25, 0.3) is 78.0 Å². The second-order valence-electron chi connectivity index (χ2n) is 14.8. The number of fused-ring (bicyclic) bond motifs is 5. The molecule has 0 fully saturated rings. The molecule has 0 aliphatic carbocycles. The molecule has 0 atom stereocenters. The molecule has 9 aromatic carbocycles. The van der Waals surface area contributed by atoms with Gasteiger partial charge in [-0.3, -0.25) is 0 Å². The zero-order valence-electron chi connectivity index (χ0n) is 31.0. The van der Waals surface area contributed by atoms with Gasteiger partial charge in [-0.2, -0.15) is 0 Å². The summed E-state index contributed by atoms with van der Waals surface area (Å²) in [6.45, 7) is 0. The smallest absolute Gasteiger partial charge is 0.180 e. The predicted octanol–water partition coefficient (Wildman–Crippen LogP) is 10.2. The molecule has 1 aliphatic rings. The van der Waals surface area contributed by atoms with E-state index in [0.717, 1.165) is 22.3 Å². The second kappa shape index (κ2) is 13.5. The highest BCUT2D eigenvalue weighted by molar-refractivity contribution is 7.22. The molecule has 1 aliphatic heterocycles. The van der Waals surface area contributed by atoms with E-state index in [1.807, 2.05) is 60.7 Å². The minimum absolute atomic E-state index is 0.651. The van der Waals surface area contributed by atoms with Crippen LogP contribution >= 0.6 is 0 Å². The van der Waals surface area contributed by atoms with E-state index in [-0.39, 0.29) is 0 Å². The van der Waals surface area contributed by atoms with E-state index in [4.69, 9.17) is 15.0 Å². The first-order valence-electron chi connectivity index (χ1n) is 19.4. The van der Waals surface area contributed by atoms with Gasteiger partial charge in [0.2, 0.25) is 0 Å². The lowest BCUT2D eigenvalue weighted by Crippen LogP contribution is -2.72. The molecule has 0 radical (unpaired) electrons. The lowest BCUT2D eigenvalue weighted by Gasteiger charge is -2.32. The van der Waals surface area contributed by atoms with Gasteiger partial charge in [0.15, 0.2) is 25.5 Å². The Balaban J connectivity index is 1.08. The maximum Gasteiger partial charge on any atom is 0.180 e. The third kappa shape index (κ3) is 5.53. The van der Waals surface area contributed by atoms with Crippen LogP contribution in [0.15, 0.2) is 212 Å². The molecule has 0 saturated heterocycles. The van der Waals surface area contributed by atoms with E-state index in [0.29, 0.717) is 17.5 Å². The second-order valence-corrected chi connectivity index (χ2v) is 18.5. The van der Waals surface area contributed by atoms with Gasteiger partial charge in [0.25, 0.3) is 0 Å². The van der Waals surface area contributed by atoms with Crippen LogP contribution in [0.5, 0.6) is 0 Å². The number of hydrogen-bond acceptors (Lipinski definition) is 3. The molecule has 0 bridgehead atoms. The Labute approximate surface area is 332 Å². The van der Waals surface area contributed by atoms with E-state index in [1.54, 1.807) is 0 Å². The largest absolute Gasteiger partial charge is 0.208 e. The minimum atomic E-state index is -2.79. The molecule has 4 heteroatoms. The molecular weight excluding hydrogens is 707 g/mol. The van der Waals surface area contributed by atoms with Gasteiger partial charge in [0, 0.05) is 16.7 Å². The fourth-order valence-corrected chi connectivity index (χ4v) is 14.1. The van der Waals surface area contributed by atoms with Gasteiger partial charge >= 0.3 is 0 Å². The molecule has 0 spiro atoms. The standard InChI is InChI=1S/C53H35N3Si/c1-3-15-39(16-4-1)51-54-52(40-17-5-2-6-18-40)56-53(55-51)41-25-23-38(24-26-41)44-29-32-48-47-21-11-12-22-49(47)57(50(48)35-44,45-30-27-36-13-7-9-19-42(36)33-45)46-31-28-37-14-8-10-20-43(37)34-46/h1-35H. The summed E-state index contributed by atoms with van der Waals surface area (Å²) in [7, 11) is -2.79. The highest BCUT2D eigenvalue weighted by Crippen LogP contribution is 2.34.